The Hall–Kier alpha value is 0.210. The Labute approximate surface area is 97.7 Å². The number of nitrogens with one attached hydrogen (secondary N) is 1. The van der Waals surface area contributed by atoms with Crippen molar-refractivity contribution in [3.05, 3.63) is 0 Å². The molecule has 0 heterocycles. The molecule has 2 aliphatic carbocycles. The number of hydrogen-bond donors (Lipinski definition) is 1. The van der Waals surface area contributed by atoms with E-state index >= 15 is 0 Å². The van der Waals surface area contributed by atoms with Gasteiger partial charge in [0.25, 0.3) is 0 Å². The number of hydrogen-bond acceptors (Lipinski definition) is 2. The van der Waals surface area contributed by atoms with Crippen molar-refractivity contribution in [2.75, 3.05) is 32.2 Å². The summed E-state index contributed by atoms with van der Waals surface area (Å²) < 4.78 is 5.32. The summed E-state index contributed by atoms with van der Waals surface area (Å²) in [4.78, 5) is 0. The van der Waals surface area contributed by atoms with Crippen LogP contribution in [0.4, 0.5) is 0 Å². The molecular formula is C12H22ClNO. The predicted octanol–water partition coefficient (Wildman–Crippen LogP) is 2.27. The van der Waals surface area contributed by atoms with Crippen LogP contribution in [0, 0.1) is 17.8 Å². The third-order valence-electron chi connectivity index (χ3n) is 3.94. The lowest BCUT2D eigenvalue weighted by Gasteiger charge is -2.21. The Balaban J connectivity index is 1.48. The van der Waals surface area contributed by atoms with Gasteiger partial charge in [-0.1, -0.05) is 6.42 Å². The molecule has 2 saturated carbocycles. The molecule has 0 amide bonds. The Morgan fingerprint density at radius 1 is 1.20 bits per heavy atom. The third-order valence-corrected chi connectivity index (χ3v) is 4.09. The highest BCUT2D eigenvalue weighted by atomic mass is 35.5. The van der Waals surface area contributed by atoms with E-state index in [0.29, 0.717) is 12.5 Å². The van der Waals surface area contributed by atoms with E-state index in [2.05, 4.69) is 5.32 Å². The first-order valence-electron chi connectivity index (χ1n) is 6.24. The minimum absolute atomic E-state index is 0.604. The van der Waals surface area contributed by atoms with Crippen molar-refractivity contribution in [3.8, 4) is 0 Å². The molecular weight excluding hydrogens is 210 g/mol. The summed E-state index contributed by atoms with van der Waals surface area (Å²) in [5.74, 6) is 3.66. The lowest BCUT2D eigenvalue weighted by molar-refractivity contribution is 0.149. The van der Waals surface area contributed by atoms with E-state index in [1.54, 1.807) is 0 Å². The van der Waals surface area contributed by atoms with Crippen molar-refractivity contribution in [2.24, 2.45) is 17.8 Å². The topological polar surface area (TPSA) is 21.3 Å². The maximum absolute atomic E-state index is 5.52. The number of alkyl halides is 1. The summed E-state index contributed by atoms with van der Waals surface area (Å²) in [6.45, 7) is 3.65. The fourth-order valence-corrected chi connectivity index (χ4v) is 3.32. The summed E-state index contributed by atoms with van der Waals surface area (Å²) in [6, 6.07) is 0. The van der Waals surface area contributed by atoms with Crippen LogP contribution in [0.15, 0.2) is 0 Å². The fourth-order valence-electron chi connectivity index (χ4n) is 3.21. The van der Waals surface area contributed by atoms with Crippen molar-refractivity contribution in [1.82, 2.24) is 5.32 Å². The van der Waals surface area contributed by atoms with Gasteiger partial charge in [-0.15, -0.1) is 11.6 Å². The van der Waals surface area contributed by atoms with Crippen molar-refractivity contribution in [3.63, 3.8) is 0 Å². The Bertz CT molecular complexity index is 188. The molecule has 2 nitrogen and oxygen atoms in total. The van der Waals surface area contributed by atoms with Gasteiger partial charge in [0.05, 0.1) is 13.2 Å². The molecule has 2 aliphatic rings. The van der Waals surface area contributed by atoms with Gasteiger partial charge >= 0.3 is 0 Å². The van der Waals surface area contributed by atoms with Crippen molar-refractivity contribution in [1.29, 1.82) is 0 Å². The molecule has 0 aromatic heterocycles. The van der Waals surface area contributed by atoms with Gasteiger partial charge in [-0.2, -0.15) is 0 Å². The van der Waals surface area contributed by atoms with Crippen LogP contribution in [0.5, 0.6) is 0 Å². The first-order valence-corrected chi connectivity index (χ1v) is 6.78. The largest absolute Gasteiger partial charge is 0.379 e. The quantitative estimate of drug-likeness (QED) is 0.536. The Morgan fingerprint density at radius 3 is 2.80 bits per heavy atom. The van der Waals surface area contributed by atoms with Crippen molar-refractivity contribution < 1.29 is 4.74 Å². The average molecular weight is 232 g/mol. The molecule has 0 spiro atoms. The maximum Gasteiger partial charge on any atom is 0.0602 e. The molecule has 0 aromatic rings. The highest BCUT2D eigenvalue weighted by Gasteiger charge is 2.38. The van der Waals surface area contributed by atoms with E-state index in [1.165, 1.54) is 32.2 Å². The standard InChI is InChI=1S/C12H22ClNO/c13-3-5-15-6-4-14-9-12-8-10-1-2-11(12)7-10/h10-12,14H,1-9H2. The second-order valence-corrected chi connectivity index (χ2v) is 5.32. The number of rotatable bonds is 7. The molecule has 0 aliphatic heterocycles. The summed E-state index contributed by atoms with van der Waals surface area (Å²) in [5.41, 5.74) is 0. The Kier molecular flexibility index (Phi) is 4.73. The molecule has 3 atom stereocenters. The zero-order valence-corrected chi connectivity index (χ0v) is 10.1. The average Bonchev–Trinajstić information content (AvgIpc) is 2.85. The lowest BCUT2D eigenvalue weighted by Crippen LogP contribution is -2.29. The SMILES string of the molecule is ClCCOCCNCC1CC2CCC1C2. The van der Waals surface area contributed by atoms with E-state index in [0.717, 1.165) is 30.9 Å². The van der Waals surface area contributed by atoms with Crippen LogP contribution in [-0.4, -0.2) is 32.2 Å². The van der Waals surface area contributed by atoms with E-state index in [1.807, 2.05) is 0 Å². The summed E-state index contributed by atoms with van der Waals surface area (Å²) >= 11 is 5.52. The minimum atomic E-state index is 0.604. The van der Waals surface area contributed by atoms with Gasteiger partial charge in [0.2, 0.25) is 0 Å². The molecule has 2 rings (SSSR count). The molecule has 2 bridgehead atoms. The number of fused-ring (bicyclic) bond motifs is 2. The van der Waals surface area contributed by atoms with Crippen molar-refractivity contribution >= 4 is 11.6 Å². The minimum Gasteiger partial charge on any atom is -0.379 e. The van der Waals surface area contributed by atoms with Crippen LogP contribution < -0.4 is 5.32 Å². The van der Waals surface area contributed by atoms with E-state index in [9.17, 15) is 0 Å². The predicted molar refractivity (Wildman–Crippen MR) is 63.3 cm³/mol. The summed E-state index contributed by atoms with van der Waals surface area (Å²) in [6.07, 6.45) is 5.97. The summed E-state index contributed by atoms with van der Waals surface area (Å²) in [7, 11) is 0. The van der Waals surface area contributed by atoms with Crippen molar-refractivity contribution in [2.45, 2.75) is 25.7 Å². The van der Waals surface area contributed by atoms with Gasteiger partial charge < -0.3 is 10.1 Å². The fraction of sp³-hybridized carbons (Fsp3) is 1.00. The highest BCUT2D eigenvalue weighted by Crippen LogP contribution is 2.47. The molecule has 3 heteroatoms. The second-order valence-electron chi connectivity index (χ2n) is 4.94. The molecule has 0 radical (unpaired) electrons. The third kappa shape index (κ3) is 3.33. The smallest absolute Gasteiger partial charge is 0.0602 e. The van der Waals surface area contributed by atoms with Gasteiger partial charge in [0.1, 0.15) is 0 Å². The first-order chi connectivity index (χ1) is 7.40. The number of halogens is 1. The second kappa shape index (κ2) is 6.07. The van der Waals surface area contributed by atoms with Gasteiger partial charge in [0, 0.05) is 12.4 Å². The summed E-state index contributed by atoms with van der Waals surface area (Å²) in [5, 5.41) is 3.50. The molecule has 0 aromatic carbocycles. The van der Waals surface area contributed by atoms with Crippen LogP contribution in [0.25, 0.3) is 0 Å². The molecule has 3 unspecified atom stereocenters. The number of ether oxygens (including phenoxy) is 1. The Morgan fingerprint density at radius 2 is 2.13 bits per heavy atom. The van der Waals surface area contributed by atoms with Crippen LogP contribution in [0.2, 0.25) is 0 Å². The monoisotopic (exact) mass is 231 g/mol. The van der Waals surface area contributed by atoms with Crippen LogP contribution in [0.1, 0.15) is 25.7 Å². The van der Waals surface area contributed by atoms with E-state index < -0.39 is 0 Å². The molecule has 2 fully saturated rings. The highest BCUT2D eigenvalue weighted by molar-refractivity contribution is 6.17. The maximum atomic E-state index is 5.52. The van der Waals surface area contributed by atoms with Gasteiger partial charge in [-0.25, -0.2) is 0 Å². The zero-order chi connectivity index (χ0) is 10.5. The van der Waals surface area contributed by atoms with Gasteiger partial charge in [-0.3, -0.25) is 0 Å². The lowest BCUT2D eigenvalue weighted by atomic mass is 9.89. The normalized spacial score (nSPS) is 33.8. The van der Waals surface area contributed by atoms with E-state index in [-0.39, 0.29) is 0 Å². The van der Waals surface area contributed by atoms with Gasteiger partial charge in [-0.05, 0) is 43.6 Å². The van der Waals surface area contributed by atoms with Gasteiger partial charge in [0.15, 0.2) is 0 Å². The van der Waals surface area contributed by atoms with Crippen LogP contribution >= 0.6 is 11.6 Å². The molecule has 15 heavy (non-hydrogen) atoms. The molecule has 0 saturated heterocycles. The molecule has 1 N–H and O–H groups in total. The van der Waals surface area contributed by atoms with E-state index in [4.69, 9.17) is 16.3 Å². The van der Waals surface area contributed by atoms with Crippen LogP contribution in [-0.2, 0) is 4.74 Å². The molecule has 88 valence electrons. The van der Waals surface area contributed by atoms with Crippen LogP contribution in [0.3, 0.4) is 0 Å². The zero-order valence-electron chi connectivity index (χ0n) is 9.38. The first kappa shape index (κ1) is 11.7.